The Balaban J connectivity index is 3.24. The second-order valence-electron chi connectivity index (χ2n) is 17.7. The summed E-state index contributed by atoms with van der Waals surface area (Å²) in [7, 11) is 0. The zero-order valence-electron chi connectivity index (χ0n) is 32.5. The SMILES string of the molecule is CCCC(C)C(C)C(C)C(C(C)C)C1C(C)CCCC1C(C)C(C)C(C)CC(C(C)C)C(C)C(C(C)C)C(C)CCC. The molecule has 0 aromatic heterocycles. The van der Waals surface area contributed by atoms with Crippen molar-refractivity contribution in [2.75, 3.05) is 0 Å². The minimum absolute atomic E-state index is 0.764. The lowest BCUT2D eigenvalue weighted by Gasteiger charge is -2.51. The maximum atomic E-state index is 2.69. The standard InChI is InChI=1S/C42H84/c1-18-21-29(9)33(13)36(16)41(28(7)8)42-31(11)23-20-24-38(42)35(15)34(14)32(12)25-39(26(3)4)37(17)40(27(5)6)30(10)22-19-2/h26-42H,18-25H2,1-17H3. The maximum Gasteiger partial charge on any atom is -0.0324 e. The Bertz CT molecular complexity index is 688. The van der Waals surface area contributed by atoms with Gasteiger partial charge in [0, 0.05) is 0 Å². The Morgan fingerprint density at radius 3 is 1.57 bits per heavy atom. The topological polar surface area (TPSA) is 0 Å². The zero-order valence-corrected chi connectivity index (χ0v) is 32.5. The van der Waals surface area contributed by atoms with Crippen LogP contribution in [0.1, 0.15) is 169 Å². The van der Waals surface area contributed by atoms with Crippen molar-refractivity contribution in [1.82, 2.24) is 0 Å². The van der Waals surface area contributed by atoms with Gasteiger partial charge in [-0.1, -0.05) is 156 Å². The third-order valence-electron chi connectivity index (χ3n) is 14.0. The van der Waals surface area contributed by atoms with Crippen LogP contribution in [0.25, 0.3) is 0 Å². The Morgan fingerprint density at radius 1 is 0.548 bits per heavy atom. The fourth-order valence-electron chi connectivity index (χ4n) is 11.1. The molecule has 0 spiro atoms. The molecule has 1 rings (SSSR count). The molecule has 1 aliphatic rings. The van der Waals surface area contributed by atoms with Crippen molar-refractivity contribution < 1.29 is 0 Å². The fraction of sp³-hybridized carbons (Fsp3) is 1.00. The summed E-state index contributed by atoms with van der Waals surface area (Å²) in [5.74, 6) is 14.0. The van der Waals surface area contributed by atoms with Crippen molar-refractivity contribution in [2.24, 2.45) is 101 Å². The van der Waals surface area contributed by atoms with E-state index in [1.165, 1.54) is 51.4 Å². The van der Waals surface area contributed by atoms with E-state index in [9.17, 15) is 0 Å². The highest BCUT2D eigenvalue weighted by Gasteiger charge is 2.45. The summed E-state index contributed by atoms with van der Waals surface area (Å²) >= 11 is 0. The average molecular weight is 589 g/mol. The molecule has 0 nitrogen and oxygen atoms in total. The molecule has 0 heteroatoms. The Kier molecular flexibility index (Phi) is 18.0. The summed E-state index contributed by atoms with van der Waals surface area (Å²) in [6.45, 7) is 43.5. The van der Waals surface area contributed by atoms with Gasteiger partial charge in [-0.15, -0.1) is 0 Å². The van der Waals surface area contributed by atoms with Crippen molar-refractivity contribution in [3.8, 4) is 0 Å². The van der Waals surface area contributed by atoms with Gasteiger partial charge in [0.05, 0.1) is 0 Å². The smallest absolute Gasteiger partial charge is 0.0324 e. The van der Waals surface area contributed by atoms with Crippen LogP contribution in [0.2, 0.25) is 0 Å². The van der Waals surface area contributed by atoms with E-state index in [4.69, 9.17) is 0 Å². The zero-order chi connectivity index (χ0) is 32.5. The maximum absolute atomic E-state index is 2.69. The van der Waals surface area contributed by atoms with E-state index in [2.05, 4.69) is 118 Å². The summed E-state index contributed by atoms with van der Waals surface area (Å²) in [5, 5.41) is 0. The summed E-state index contributed by atoms with van der Waals surface area (Å²) < 4.78 is 0. The van der Waals surface area contributed by atoms with Gasteiger partial charge in [0.15, 0.2) is 0 Å². The molecule has 0 aromatic carbocycles. The monoisotopic (exact) mass is 589 g/mol. The van der Waals surface area contributed by atoms with Crippen molar-refractivity contribution in [2.45, 2.75) is 169 Å². The molecule has 1 aliphatic carbocycles. The highest BCUT2D eigenvalue weighted by Crippen LogP contribution is 2.52. The Morgan fingerprint density at radius 2 is 1.10 bits per heavy atom. The van der Waals surface area contributed by atoms with Crippen molar-refractivity contribution in [3.05, 3.63) is 0 Å². The highest BCUT2D eigenvalue weighted by atomic mass is 14.5. The first-order valence-corrected chi connectivity index (χ1v) is 19.5. The van der Waals surface area contributed by atoms with Crippen molar-refractivity contribution in [3.63, 3.8) is 0 Å². The van der Waals surface area contributed by atoms with Gasteiger partial charge in [-0.05, 0) is 113 Å². The molecule has 0 aliphatic heterocycles. The number of hydrogen-bond donors (Lipinski definition) is 0. The molecule has 0 aromatic rings. The van der Waals surface area contributed by atoms with Crippen molar-refractivity contribution >= 4 is 0 Å². The second-order valence-corrected chi connectivity index (χ2v) is 17.7. The van der Waals surface area contributed by atoms with Crippen LogP contribution in [-0.2, 0) is 0 Å². The van der Waals surface area contributed by atoms with Gasteiger partial charge in [0.2, 0.25) is 0 Å². The van der Waals surface area contributed by atoms with Crippen LogP contribution in [0.3, 0.4) is 0 Å². The first-order valence-electron chi connectivity index (χ1n) is 19.5. The molecule has 1 saturated carbocycles. The highest BCUT2D eigenvalue weighted by molar-refractivity contribution is 4.94. The predicted octanol–water partition coefficient (Wildman–Crippen LogP) is 13.9. The molecule has 14 unspecified atom stereocenters. The summed E-state index contributed by atoms with van der Waals surface area (Å²) in [6.07, 6.45) is 11.2. The molecule has 14 atom stereocenters. The normalized spacial score (nSPS) is 28.1. The van der Waals surface area contributed by atoms with Crippen molar-refractivity contribution in [1.29, 1.82) is 0 Å². The van der Waals surface area contributed by atoms with Crippen LogP contribution in [0.15, 0.2) is 0 Å². The molecule has 42 heavy (non-hydrogen) atoms. The van der Waals surface area contributed by atoms with E-state index in [-0.39, 0.29) is 0 Å². The molecule has 0 N–H and O–H groups in total. The van der Waals surface area contributed by atoms with Gasteiger partial charge in [0.1, 0.15) is 0 Å². The molecule has 0 heterocycles. The fourth-order valence-corrected chi connectivity index (χ4v) is 11.1. The minimum Gasteiger partial charge on any atom is -0.0654 e. The molecular formula is C42H84. The first kappa shape index (κ1) is 40.0. The lowest BCUT2D eigenvalue weighted by molar-refractivity contribution is -0.0212. The quantitative estimate of drug-likeness (QED) is 0.141. The van der Waals surface area contributed by atoms with Crippen LogP contribution < -0.4 is 0 Å². The van der Waals surface area contributed by atoms with Crippen LogP contribution in [-0.4, -0.2) is 0 Å². The molecule has 0 amide bonds. The molecular weight excluding hydrogens is 504 g/mol. The van der Waals surface area contributed by atoms with E-state index in [1.54, 1.807) is 0 Å². The van der Waals surface area contributed by atoms with Gasteiger partial charge in [-0.3, -0.25) is 0 Å². The van der Waals surface area contributed by atoms with Crippen LogP contribution in [0.5, 0.6) is 0 Å². The Hall–Kier alpha value is 0. The predicted molar refractivity (Wildman–Crippen MR) is 193 cm³/mol. The third kappa shape index (κ3) is 10.5. The lowest BCUT2D eigenvalue weighted by atomic mass is 9.54. The lowest BCUT2D eigenvalue weighted by Crippen LogP contribution is -2.44. The molecule has 1 fully saturated rings. The van der Waals surface area contributed by atoms with E-state index in [1.807, 2.05) is 0 Å². The Labute approximate surface area is 269 Å². The van der Waals surface area contributed by atoms with Crippen LogP contribution in [0, 0.1) is 101 Å². The van der Waals surface area contributed by atoms with E-state index < -0.39 is 0 Å². The van der Waals surface area contributed by atoms with Gasteiger partial charge >= 0.3 is 0 Å². The summed E-state index contributed by atoms with van der Waals surface area (Å²) in [6, 6.07) is 0. The molecule has 0 radical (unpaired) electrons. The summed E-state index contributed by atoms with van der Waals surface area (Å²) in [5.41, 5.74) is 0. The second kappa shape index (κ2) is 18.8. The average Bonchev–Trinajstić information content (AvgIpc) is 2.90. The van der Waals surface area contributed by atoms with E-state index in [0.29, 0.717) is 0 Å². The molecule has 0 saturated heterocycles. The number of hydrogen-bond acceptors (Lipinski definition) is 0. The molecule has 0 bridgehead atoms. The van der Waals surface area contributed by atoms with E-state index >= 15 is 0 Å². The van der Waals surface area contributed by atoms with Gasteiger partial charge in [-0.2, -0.15) is 0 Å². The molecule has 252 valence electrons. The third-order valence-corrected chi connectivity index (χ3v) is 14.0. The largest absolute Gasteiger partial charge is 0.0654 e. The van der Waals surface area contributed by atoms with Gasteiger partial charge in [-0.25, -0.2) is 0 Å². The van der Waals surface area contributed by atoms with Gasteiger partial charge in [0.25, 0.3) is 0 Å². The first-order chi connectivity index (χ1) is 19.5. The number of rotatable bonds is 19. The van der Waals surface area contributed by atoms with Crippen LogP contribution in [0.4, 0.5) is 0 Å². The summed E-state index contributed by atoms with van der Waals surface area (Å²) in [4.78, 5) is 0. The minimum atomic E-state index is 0.764. The van der Waals surface area contributed by atoms with Crippen LogP contribution >= 0.6 is 0 Å². The van der Waals surface area contributed by atoms with E-state index in [0.717, 1.165) is 101 Å². The van der Waals surface area contributed by atoms with Gasteiger partial charge < -0.3 is 0 Å².